The highest BCUT2D eigenvalue weighted by molar-refractivity contribution is 6.00. The summed E-state index contributed by atoms with van der Waals surface area (Å²) >= 11 is 0. The fourth-order valence-electron chi connectivity index (χ4n) is 2.87. The largest absolute Gasteiger partial charge is 0.479 e. The van der Waals surface area contributed by atoms with Gasteiger partial charge in [0.25, 0.3) is 5.91 Å². The molecule has 2 aliphatic heterocycles. The molecule has 23 heavy (non-hydrogen) atoms. The highest BCUT2D eigenvalue weighted by atomic mass is 16.5. The molecule has 0 aliphatic carbocycles. The van der Waals surface area contributed by atoms with Crippen molar-refractivity contribution in [1.29, 1.82) is 0 Å². The van der Waals surface area contributed by atoms with Gasteiger partial charge in [-0.1, -0.05) is 0 Å². The molecule has 1 aromatic rings. The first kappa shape index (κ1) is 15.8. The van der Waals surface area contributed by atoms with Crippen LogP contribution < -0.4 is 15.0 Å². The van der Waals surface area contributed by atoms with Gasteiger partial charge in [-0.2, -0.15) is 0 Å². The van der Waals surface area contributed by atoms with Crippen LogP contribution in [0.25, 0.3) is 0 Å². The number of rotatable bonds is 5. The van der Waals surface area contributed by atoms with Gasteiger partial charge in [0.2, 0.25) is 6.41 Å². The number of nitrogens with one attached hydrogen (secondary N) is 1. The molecule has 1 aromatic carbocycles. The van der Waals surface area contributed by atoms with E-state index < -0.39 is 6.10 Å². The second-order valence-electron chi connectivity index (χ2n) is 5.65. The Kier molecular flexibility index (Phi) is 4.78. The molecule has 1 fully saturated rings. The van der Waals surface area contributed by atoms with Gasteiger partial charge >= 0.3 is 0 Å². The fraction of sp³-hybridized carbons (Fsp3) is 0.500. The Balaban J connectivity index is 1.76. The number of ether oxygens (including phenoxy) is 2. The summed E-state index contributed by atoms with van der Waals surface area (Å²) in [5.41, 5.74) is 1.39. The van der Waals surface area contributed by atoms with Crippen LogP contribution in [0, 0.1) is 0 Å². The second kappa shape index (κ2) is 6.97. The lowest BCUT2D eigenvalue weighted by molar-refractivity contribution is -0.125. The molecule has 7 heteroatoms. The van der Waals surface area contributed by atoms with E-state index in [9.17, 15) is 9.59 Å². The predicted octanol–water partition coefficient (Wildman–Crippen LogP) is 0.701. The van der Waals surface area contributed by atoms with E-state index in [0.29, 0.717) is 24.4 Å². The van der Waals surface area contributed by atoms with Gasteiger partial charge in [0.15, 0.2) is 6.10 Å². The number of morpholine rings is 1. The van der Waals surface area contributed by atoms with Crippen LogP contribution in [0.5, 0.6) is 5.75 Å². The van der Waals surface area contributed by atoms with Gasteiger partial charge in [-0.05, 0) is 19.1 Å². The number of carbonyl (C=O) groups is 2. The number of benzene rings is 1. The molecule has 7 nitrogen and oxygen atoms in total. The maximum absolute atomic E-state index is 12.5. The summed E-state index contributed by atoms with van der Waals surface area (Å²) in [6.45, 7) is 6.42. The van der Waals surface area contributed by atoms with E-state index >= 15 is 0 Å². The Morgan fingerprint density at radius 2 is 2.09 bits per heavy atom. The molecule has 1 atom stereocenters. The minimum atomic E-state index is -0.529. The van der Waals surface area contributed by atoms with Gasteiger partial charge < -0.3 is 19.7 Å². The zero-order chi connectivity index (χ0) is 16.2. The lowest BCUT2D eigenvalue weighted by atomic mass is 10.1. The van der Waals surface area contributed by atoms with E-state index in [-0.39, 0.29) is 5.91 Å². The standard InChI is InChI=1S/C16H21N3O4/c1-12-16(21)19(5-4-18-6-8-22-9-7-18)14-3-2-13(17-11-20)10-15(14)23-12/h2-3,10-12H,4-9H2,1H3,(H,17,20). The molecular weight excluding hydrogens is 298 g/mol. The van der Waals surface area contributed by atoms with Gasteiger partial charge in [0.05, 0.1) is 18.9 Å². The SMILES string of the molecule is CC1Oc2cc(NC=O)ccc2N(CCN2CCOCC2)C1=O. The van der Waals surface area contributed by atoms with Gasteiger partial charge in [-0.3, -0.25) is 14.5 Å². The normalized spacial score (nSPS) is 21.5. The predicted molar refractivity (Wildman–Crippen MR) is 85.8 cm³/mol. The third kappa shape index (κ3) is 3.46. The van der Waals surface area contributed by atoms with Crippen LogP contribution in [0.2, 0.25) is 0 Å². The smallest absolute Gasteiger partial charge is 0.267 e. The highest BCUT2D eigenvalue weighted by Crippen LogP contribution is 2.36. The molecule has 0 bridgehead atoms. The summed E-state index contributed by atoms with van der Waals surface area (Å²) < 4.78 is 11.0. The minimum Gasteiger partial charge on any atom is -0.479 e. The van der Waals surface area contributed by atoms with E-state index in [2.05, 4.69) is 10.2 Å². The quantitative estimate of drug-likeness (QED) is 0.809. The topological polar surface area (TPSA) is 71.1 Å². The molecule has 0 radical (unpaired) electrons. The van der Waals surface area contributed by atoms with Crippen LogP contribution in [0.4, 0.5) is 11.4 Å². The lowest BCUT2D eigenvalue weighted by Gasteiger charge is -2.35. The molecule has 2 aliphatic rings. The Morgan fingerprint density at radius 3 is 2.83 bits per heavy atom. The number of amides is 2. The first-order valence-electron chi connectivity index (χ1n) is 7.81. The zero-order valence-corrected chi connectivity index (χ0v) is 13.2. The number of carbonyl (C=O) groups excluding carboxylic acids is 2. The second-order valence-corrected chi connectivity index (χ2v) is 5.65. The van der Waals surface area contributed by atoms with Crippen molar-refractivity contribution in [3.63, 3.8) is 0 Å². The first-order valence-corrected chi connectivity index (χ1v) is 7.81. The van der Waals surface area contributed by atoms with E-state index in [1.54, 1.807) is 24.0 Å². The van der Waals surface area contributed by atoms with Crippen LogP contribution in [0.15, 0.2) is 18.2 Å². The van der Waals surface area contributed by atoms with Crippen LogP contribution in [0.3, 0.4) is 0 Å². The monoisotopic (exact) mass is 319 g/mol. The van der Waals surface area contributed by atoms with Crippen molar-refractivity contribution < 1.29 is 19.1 Å². The van der Waals surface area contributed by atoms with Gasteiger partial charge in [-0.25, -0.2) is 0 Å². The summed E-state index contributed by atoms with van der Waals surface area (Å²) in [6, 6.07) is 5.32. The number of anilines is 2. The van der Waals surface area contributed by atoms with E-state index in [1.165, 1.54) is 0 Å². The summed E-state index contributed by atoms with van der Waals surface area (Å²) in [5.74, 6) is 0.577. The minimum absolute atomic E-state index is 0.0399. The third-order valence-corrected chi connectivity index (χ3v) is 4.14. The number of fused-ring (bicyclic) bond motifs is 1. The summed E-state index contributed by atoms with van der Waals surface area (Å²) in [7, 11) is 0. The molecule has 3 rings (SSSR count). The van der Waals surface area contributed by atoms with Crippen molar-refractivity contribution in [2.24, 2.45) is 0 Å². The average Bonchev–Trinajstić information content (AvgIpc) is 2.57. The Hall–Kier alpha value is -2.12. The van der Waals surface area contributed by atoms with Crippen molar-refractivity contribution in [1.82, 2.24) is 4.90 Å². The number of hydrogen-bond donors (Lipinski definition) is 1. The molecule has 2 amide bonds. The highest BCUT2D eigenvalue weighted by Gasteiger charge is 2.31. The summed E-state index contributed by atoms with van der Waals surface area (Å²) in [4.78, 5) is 27.1. The number of hydrogen-bond acceptors (Lipinski definition) is 5. The third-order valence-electron chi connectivity index (χ3n) is 4.14. The Labute approximate surface area is 135 Å². The van der Waals surface area contributed by atoms with Crippen molar-refractivity contribution in [3.05, 3.63) is 18.2 Å². The Bertz CT molecular complexity index is 587. The van der Waals surface area contributed by atoms with Crippen LogP contribution in [-0.4, -0.2) is 62.7 Å². The Morgan fingerprint density at radius 1 is 1.30 bits per heavy atom. The molecule has 1 N–H and O–H groups in total. The molecule has 0 aromatic heterocycles. The van der Waals surface area contributed by atoms with Crippen molar-refractivity contribution in [2.45, 2.75) is 13.0 Å². The fourth-order valence-corrected chi connectivity index (χ4v) is 2.87. The van der Waals surface area contributed by atoms with E-state index in [4.69, 9.17) is 9.47 Å². The molecular formula is C16H21N3O4. The van der Waals surface area contributed by atoms with Crippen molar-refractivity contribution in [2.75, 3.05) is 49.6 Å². The average molecular weight is 319 g/mol. The van der Waals surface area contributed by atoms with Gasteiger partial charge in [0.1, 0.15) is 5.75 Å². The van der Waals surface area contributed by atoms with Crippen LogP contribution >= 0.6 is 0 Å². The molecule has 1 saturated heterocycles. The van der Waals surface area contributed by atoms with Crippen molar-refractivity contribution in [3.8, 4) is 5.75 Å². The van der Waals surface area contributed by atoms with E-state index in [0.717, 1.165) is 38.5 Å². The molecule has 2 heterocycles. The summed E-state index contributed by atoms with van der Waals surface area (Å²) in [5, 5.41) is 2.60. The molecule has 0 saturated carbocycles. The van der Waals surface area contributed by atoms with Gasteiger partial charge in [0, 0.05) is 37.9 Å². The number of nitrogens with zero attached hydrogens (tertiary/aromatic N) is 2. The maximum Gasteiger partial charge on any atom is 0.267 e. The molecule has 124 valence electrons. The van der Waals surface area contributed by atoms with Gasteiger partial charge in [-0.15, -0.1) is 0 Å². The van der Waals surface area contributed by atoms with Crippen molar-refractivity contribution >= 4 is 23.7 Å². The zero-order valence-electron chi connectivity index (χ0n) is 13.2. The summed E-state index contributed by atoms with van der Waals surface area (Å²) in [6.07, 6.45) is 0.0914. The maximum atomic E-state index is 12.5. The first-order chi connectivity index (χ1) is 11.2. The molecule has 1 unspecified atom stereocenters. The van der Waals surface area contributed by atoms with Crippen LogP contribution in [-0.2, 0) is 14.3 Å². The molecule has 0 spiro atoms. The van der Waals surface area contributed by atoms with E-state index in [1.807, 2.05) is 6.07 Å². The lowest BCUT2D eigenvalue weighted by Crippen LogP contribution is -2.48. The van der Waals surface area contributed by atoms with Crippen LogP contribution in [0.1, 0.15) is 6.92 Å².